The van der Waals surface area contributed by atoms with Crippen LogP contribution in [-0.2, 0) is 0 Å². The molecule has 0 N–H and O–H groups in total. The summed E-state index contributed by atoms with van der Waals surface area (Å²) in [5.41, 5.74) is 2.93. The number of hydrogen-bond donors (Lipinski definition) is 0. The van der Waals surface area contributed by atoms with Crippen LogP contribution >= 0.6 is 0 Å². The normalized spacial score (nSPS) is 10.2. The Morgan fingerprint density at radius 1 is 1.14 bits per heavy atom. The lowest BCUT2D eigenvalue weighted by atomic mass is 10.1. The fourth-order valence-corrected chi connectivity index (χ4v) is 2.31. The molecule has 0 aliphatic carbocycles. The van der Waals surface area contributed by atoms with Gasteiger partial charge >= 0.3 is 0 Å². The van der Waals surface area contributed by atoms with Crippen molar-refractivity contribution in [2.75, 3.05) is 25.1 Å². The van der Waals surface area contributed by atoms with Crippen LogP contribution in [0, 0.1) is 6.92 Å². The van der Waals surface area contributed by atoms with E-state index in [0.29, 0.717) is 6.54 Å². The average Bonchev–Trinajstić information content (AvgIpc) is 2.54. The van der Waals surface area contributed by atoms with Crippen molar-refractivity contribution in [3.63, 3.8) is 0 Å². The number of likely N-dealkylation sites (N-methyl/N-ethyl adjacent to an activating group) is 1. The van der Waals surface area contributed by atoms with Gasteiger partial charge in [0.2, 0.25) is 0 Å². The van der Waals surface area contributed by atoms with Gasteiger partial charge in [-0.3, -0.25) is 4.79 Å². The highest BCUT2D eigenvalue weighted by atomic mass is 16.5. The monoisotopic (exact) mass is 283 g/mol. The molecule has 0 bridgehead atoms. The lowest BCUT2D eigenvalue weighted by Gasteiger charge is -2.24. The van der Waals surface area contributed by atoms with Gasteiger partial charge in [-0.25, -0.2) is 0 Å². The van der Waals surface area contributed by atoms with Crippen molar-refractivity contribution >= 4 is 11.5 Å². The van der Waals surface area contributed by atoms with Crippen molar-refractivity contribution in [2.45, 2.75) is 13.8 Å². The minimum absolute atomic E-state index is 0.125. The predicted octanol–water partition coefficient (Wildman–Crippen LogP) is 3.71. The maximum atomic E-state index is 12.4. The lowest BCUT2D eigenvalue weighted by molar-refractivity contribution is 0.0999. The third kappa shape index (κ3) is 3.63. The second-order valence-electron chi connectivity index (χ2n) is 4.96. The molecule has 0 aliphatic rings. The molecule has 110 valence electrons. The molecule has 0 unspecified atom stereocenters. The molecule has 0 fully saturated rings. The van der Waals surface area contributed by atoms with Crippen molar-refractivity contribution in [2.24, 2.45) is 0 Å². The summed E-state index contributed by atoms with van der Waals surface area (Å²) in [6.45, 7) is 5.24. The molecule has 0 aliphatic heterocycles. The van der Waals surface area contributed by atoms with Crippen LogP contribution in [0.2, 0.25) is 0 Å². The Balaban J connectivity index is 2.22. The summed E-state index contributed by atoms with van der Waals surface area (Å²) in [5.74, 6) is 0.931. The molecule has 0 aromatic heterocycles. The highest BCUT2D eigenvalue weighted by Crippen LogP contribution is 2.25. The molecule has 0 radical (unpaired) electrons. The second kappa shape index (κ2) is 6.93. The van der Waals surface area contributed by atoms with E-state index in [0.717, 1.165) is 29.1 Å². The fourth-order valence-electron chi connectivity index (χ4n) is 2.31. The molecule has 0 spiro atoms. The van der Waals surface area contributed by atoms with Crippen LogP contribution < -0.4 is 9.64 Å². The summed E-state index contributed by atoms with van der Waals surface area (Å²) in [7, 11) is 1.65. The second-order valence-corrected chi connectivity index (χ2v) is 4.96. The van der Waals surface area contributed by atoms with Gasteiger partial charge in [-0.05, 0) is 25.5 Å². The van der Waals surface area contributed by atoms with E-state index in [-0.39, 0.29) is 5.78 Å². The molecule has 2 aromatic rings. The first-order valence-corrected chi connectivity index (χ1v) is 7.13. The Bertz CT molecular complexity index is 608. The van der Waals surface area contributed by atoms with Crippen molar-refractivity contribution < 1.29 is 9.53 Å². The van der Waals surface area contributed by atoms with Gasteiger partial charge in [0.25, 0.3) is 0 Å². The molecule has 2 aromatic carbocycles. The van der Waals surface area contributed by atoms with E-state index >= 15 is 0 Å². The minimum atomic E-state index is 0.125. The van der Waals surface area contributed by atoms with Crippen molar-refractivity contribution in [3.05, 3.63) is 59.7 Å². The number of benzene rings is 2. The van der Waals surface area contributed by atoms with E-state index in [1.54, 1.807) is 7.11 Å². The maximum absolute atomic E-state index is 12.4. The molecule has 0 heterocycles. The quantitative estimate of drug-likeness (QED) is 0.757. The Kier molecular flexibility index (Phi) is 4.99. The number of anilines is 1. The van der Waals surface area contributed by atoms with Crippen LogP contribution in [-0.4, -0.2) is 26.0 Å². The number of methoxy groups -OCH3 is 1. The first kappa shape index (κ1) is 15.1. The van der Waals surface area contributed by atoms with Gasteiger partial charge in [-0.15, -0.1) is 0 Å². The summed E-state index contributed by atoms with van der Waals surface area (Å²) in [5, 5.41) is 0. The average molecular weight is 283 g/mol. The van der Waals surface area contributed by atoms with E-state index in [4.69, 9.17) is 4.74 Å². The number of Topliss-reactive ketones (excluding diaryl/α,β-unsaturated/α-hetero) is 1. The third-order valence-electron chi connectivity index (χ3n) is 3.57. The van der Waals surface area contributed by atoms with Gasteiger partial charge in [-0.2, -0.15) is 0 Å². The summed E-state index contributed by atoms with van der Waals surface area (Å²) in [6, 6.07) is 15.3. The summed E-state index contributed by atoms with van der Waals surface area (Å²) in [6.07, 6.45) is 0. The lowest BCUT2D eigenvalue weighted by Crippen LogP contribution is -2.30. The SMILES string of the molecule is CCN(CC(=O)c1ccccc1)c1cc(OC)ccc1C. The molecule has 2 rings (SSSR count). The number of rotatable bonds is 6. The molecule has 3 heteroatoms. The Morgan fingerprint density at radius 3 is 2.48 bits per heavy atom. The zero-order valence-electron chi connectivity index (χ0n) is 12.8. The Morgan fingerprint density at radius 2 is 1.86 bits per heavy atom. The molecule has 21 heavy (non-hydrogen) atoms. The smallest absolute Gasteiger partial charge is 0.182 e. The third-order valence-corrected chi connectivity index (χ3v) is 3.57. The fraction of sp³-hybridized carbons (Fsp3) is 0.278. The van der Waals surface area contributed by atoms with Gasteiger partial charge in [0.15, 0.2) is 5.78 Å². The summed E-state index contributed by atoms with van der Waals surface area (Å²) in [4.78, 5) is 14.5. The van der Waals surface area contributed by atoms with E-state index in [2.05, 4.69) is 11.8 Å². The van der Waals surface area contributed by atoms with E-state index in [9.17, 15) is 4.79 Å². The topological polar surface area (TPSA) is 29.5 Å². The number of carbonyl (C=O) groups is 1. The molecule has 0 amide bonds. The van der Waals surface area contributed by atoms with Crippen LogP contribution in [0.5, 0.6) is 5.75 Å². The number of carbonyl (C=O) groups excluding carboxylic acids is 1. The van der Waals surface area contributed by atoms with Gasteiger partial charge in [-0.1, -0.05) is 36.4 Å². The van der Waals surface area contributed by atoms with Gasteiger partial charge < -0.3 is 9.64 Å². The van der Waals surface area contributed by atoms with Crippen LogP contribution in [0.3, 0.4) is 0 Å². The molecule has 3 nitrogen and oxygen atoms in total. The number of hydrogen-bond acceptors (Lipinski definition) is 3. The molecule has 0 atom stereocenters. The molecule has 0 saturated carbocycles. The number of aryl methyl sites for hydroxylation is 1. The van der Waals surface area contributed by atoms with Crippen LogP contribution in [0.4, 0.5) is 5.69 Å². The van der Waals surface area contributed by atoms with Crippen molar-refractivity contribution in [1.29, 1.82) is 0 Å². The zero-order chi connectivity index (χ0) is 15.2. The molecule has 0 saturated heterocycles. The Hall–Kier alpha value is -2.29. The first-order valence-electron chi connectivity index (χ1n) is 7.13. The van der Waals surface area contributed by atoms with Gasteiger partial charge in [0.05, 0.1) is 13.7 Å². The van der Waals surface area contributed by atoms with E-state index in [1.807, 2.05) is 55.5 Å². The van der Waals surface area contributed by atoms with Crippen molar-refractivity contribution in [1.82, 2.24) is 0 Å². The first-order chi connectivity index (χ1) is 10.2. The van der Waals surface area contributed by atoms with Gasteiger partial charge in [0, 0.05) is 23.9 Å². The highest BCUT2D eigenvalue weighted by Gasteiger charge is 2.14. The van der Waals surface area contributed by atoms with Crippen molar-refractivity contribution in [3.8, 4) is 5.75 Å². The van der Waals surface area contributed by atoms with Crippen LogP contribution in [0.25, 0.3) is 0 Å². The molecular weight excluding hydrogens is 262 g/mol. The number of ether oxygens (including phenoxy) is 1. The Labute approximate surface area is 126 Å². The molecular formula is C18H21NO2. The summed E-state index contributed by atoms with van der Waals surface area (Å²) < 4.78 is 5.28. The minimum Gasteiger partial charge on any atom is -0.497 e. The van der Waals surface area contributed by atoms with E-state index in [1.165, 1.54) is 0 Å². The predicted molar refractivity (Wildman–Crippen MR) is 86.4 cm³/mol. The van der Waals surface area contributed by atoms with Gasteiger partial charge in [0.1, 0.15) is 5.75 Å². The standard InChI is InChI=1S/C18H21NO2/c1-4-19(13-18(20)15-8-6-5-7-9-15)17-12-16(21-3)11-10-14(17)2/h5-12H,4,13H2,1-3H3. The number of ketones is 1. The van der Waals surface area contributed by atoms with E-state index < -0.39 is 0 Å². The maximum Gasteiger partial charge on any atom is 0.182 e. The summed E-state index contributed by atoms with van der Waals surface area (Å²) >= 11 is 0. The number of nitrogens with zero attached hydrogens (tertiary/aromatic N) is 1. The highest BCUT2D eigenvalue weighted by molar-refractivity contribution is 5.99. The van der Waals surface area contributed by atoms with Crippen LogP contribution in [0.1, 0.15) is 22.8 Å². The largest absolute Gasteiger partial charge is 0.497 e. The zero-order valence-corrected chi connectivity index (χ0v) is 12.8. The van der Waals surface area contributed by atoms with Crippen LogP contribution in [0.15, 0.2) is 48.5 Å².